The van der Waals surface area contributed by atoms with E-state index in [1.54, 1.807) is 35.6 Å². The lowest BCUT2D eigenvalue weighted by molar-refractivity contribution is 1.08. The Hall–Kier alpha value is -3.37. The SMILES string of the molecule is C#CCN(c1ccc2nccnc2c1)c1nc(=O)c2cccnc2s1. The van der Waals surface area contributed by atoms with Gasteiger partial charge in [0.1, 0.15) is 4.83 Å². The Kier molecular flexibility index (Phi) is 3.80. The van der Waals surface area contributed by atoms with Crippen LogP contribution in [0.1, 0.15) is 0 Å². The minimum atomic E-state index is -0.320. The van der Waals surface area contributed by atoms with Gasteiger partial charge in [-0.2, -0.15) is 4.98 Å². The first-order chi connectivity index (χ1) is 12.3. The molecule has 0 fully saturated rings. The molecular formula is C18H11N5OS. The number of nitrogens with zero attached hydrogens (tertiary/aromatic N) is 5. The summed E-state index contributed by atoms with van der Waals surface area (Å²) in [5.74, 6) is 2.61. The Morgan fingerprint density at radius 3 is 2.76 bits per heavy atom. The molecule has 25 heavy (non-hydrogen) atoms. The Balaban J connectivity index is 1.88. The van der Waals surface area contributed by atoms with Gasteiger partial charge in [-0.15, -0.1) is 6.42 Å². The number of pyridine rings is 1. The zero-order chi connectivity index (χ0) is 17.2. The second-order valence-electron chi connectivity index (χ2n) is 5.18. The van der Waals surface area contributed by atoms with Gasteiger partial charge in [0.05, 0.1) is 23.0 Å². The van der Waals surface area contributed by atoms with Crippen molar-refractivity contribution in [3.63, 3.8) is 0 Å². The fourth-order valence-corrected chi connectivity index (χ4v) is 3.45. The van der Waals surface area contributed by atoms with Crippen molar-refractivity contribution in [2.75, 3.05) is 11.4 Å². The quantitative estimate of drug-likeness (QED) is 0.532. The molecule has 7 heteroatoms. The fraction of sp³-hybridized carbons (Fsp3) is 0.0556. The summed E-state index contributed by atoms with van der Waals surface area (Å²) in [7, 11) is 0. The molecule has 0 bridgehead atoms. The van der Waals surface area contributed by atoms with Crippen LogP contribution in [-0.2, 0) is 0 Å². The van der Waals surface area contributed by atoms with E-state index in [9.17, 15) is 4.79 Å². The number of hydrogen-bond acceptors (Lipinski definition) is 7. The summed E-state index contributed by atoms with van der Waals surface area (Å²) < 4.78 is 0. The lowest BCUT2D eigenvalue weighted by Crippen LogP contribution is -2.20. The first-order valence-corrected chi connectivity index (χ1v) is 8.25. The zero-order valence-electron chi connectivity index (χ0n) is 13.0. The lowest BCUT2D eigenvalue weighted by Gasteiger charge is -2.20. The van der Waals surface area contributed by atoms with Crippen molar-refractivity contribution in [2.24, 2.45) is 0 Å². The molecule has 0 saturated heterocycles. The lowest BCUT2D eigenvalue weighted by atomic mass is 10.2. The van der Waals surface area contributed by atoms with E-state index in [-0.39, 0.29) is 12.1 Å². The third kappa shape index (κ3) is 2.79. The van der Waals surface area contributed by atoms with Gasteiger partial charge in [0, 0.05) is 24.3 Å². The molecule has 1 aromatic carbocycles. The van der Waals surface area contributed by atoms with Crippen molar-refractivity contribution < 1.29 is 0 Å². The average Bonchev–Trinajstić information content (AvgIpc) is 2.66. The molecule has 0 atom stereocenters. The highest BCUT2D eigenvalue weighted by molar-refractivity contribution is 7.21. The summed E-state index contributed by atoms with van der Waals surface area (Å²) in [6, 6.07) is 9.06. The number of terminal acetylenes is 1. The second kappa shape index (κ2) is 6.26. The maximum atomic E-state index is 12.3. The number of benzene rings is 1. The Bertz CT molecular complexity index is 1180. The van der Waals surface area contributed by atoms with E-state index in [1.807, 2.05) is 18.2 Å². The molecule has 0 spiro atoms. The summed E-state index contributed by atoms with van der Waals surface area (Å²) in [6.45, 7) is 0.271. The molecule has 120 valence electrons. The average molecular weight is 345 g/mol. The minimum absolute atomic E-state index is 0.271. The van der Waals surface area contributed by atoms with Gasteiger partial charge in [0.25, 0.3) is 5.56 Å². The van der Waals surface area contributed by atoms with E-state index in [0.717, 1.165) is 16.7 Å². The van der Waals surface area contributed by atoms with Crippen LogP contribution in [0.15, 0.2) is 53.7 Å². The summed E-state index contributed by atoms with van der Waals surface area (Å²) in [5.41, 5.74) is 2.00. The maximum absolute atomic E-state index is 12.3. The molecular weight excluding hydrogens is 334 g/mol. The third-order valence-electron chi connectivity index (χ3n) is 3.63. The largest absolute Gasteiger partial charge is 0.306 e. The van der Waals surface area contributed by atoms with Gasteiger partial charge in [-0.3, -0.25) is 14.8 Å². The number of fused-ring (bicyclic) bond motifs is 2. The summed E-state index contributed by atoms with van der Waals surface area (Å²) in [5, 5.41) is 0.999. The van der Waals surface area contributed by atoms with Crippen LogP contribution < -0.4 is 10.5 Å². The number of rotatable bonds is 3. The Morgan fingerprint density at radius 2 is 1.92 bits per heavy atom. The van der Waals surface area contributed by atoms with Gasteiger partial charge in [0.15, 0.2) is 5.13 Å². The van der Waals surface area contributed by atoms with E-state index in [1.165, 1.54) is 11.3 Å². The van der Waals surface area contributed by atoms with Gasteiger partial charge in [-0.05, 0) is 30.3 Å². The van der Waals surface area contributed by atoms with E-state index in [4.69, 9.17) is 6.42 Å². The molecule has 0 radical (unpaired) electrons. The van der Waals surface area contributed by atoms with Crippen LogP contribution in [0.3, 0.4) is 0 Å². The molecule has 4 rings (SSSR count). The van der Waals surface area contributed by atoms with E-state index in [2.05, 4.69) is 25.9 Å². The molecule has 0 saturated carbocycles. The van der Waals surface area contributed by atoms with Crippen LogP contribution in [0.5, 0.6) is 0 Å². The van der Waals surface area contributed by atoms with Crippen LogP contribution in [0.4, 0.5) is 10.8 Å². The topological polar surface area (TPSA) is 71.9 Å². The van der Waals surface area contributed by atoms with Crippen LogP contribution in [0, 0.1) is 12.3 Å². The minimum Gasteiger partial charge on any atom is -0.306 e. The van der Waals surface area contributed by atoms with Crippen LogP contribution >= 0.6 is 11.3 Å². The maximum Gasteiger partial charge on any atom is 0.282 e. The number of hydrogen-bond donors (Lipinski definition) is 0. The van der Waals surface area contributed by atoms with Crippen molar-refractivity contribution in [1.29, 1.82) is 0 Å². The number of anilines is 2. The van der Waals surface area contributed by atoms with Crippen molar-refractivity contribution >= 4 is 43.4 Å². The van der Waals surface area contributed by atoms with Gasteiger partial charge in [0.2, 0.25) is 0 Å². The molecule has 0 aliphatic carbocycles. The number of aromatic nitrogens is 4. The van der Waals surface area contributed by atoms with Gasteiger partial charge >= 0.3 is 0 Å². The molecule has 0 N–H and O–H groups in total. The standard InChI is InChI=1S/C18H11N5OS/c1-2-10-23(12-5-6-14-15(11-12)20-9-8-19-14)18-22-16(24)13-4-3-7-21-17(13)25-18/h1,3-9,11H,10H2. The van der Waals surface area contributed by atoms with E-state index >= 15 is 0 Å². The monoisotopic (exact) mass is 345 g/mol. The smallest absolute Gasteiger partial charge is 0.282 e. The van der Waals surface area contributed by atoms with Gasteiger partial charge in [-0.1, -0.05) is 17.3 Å². The normalized spacial score (nSPS) is 10.7. The zero-order valence-corrected chi connectivity index (χ0v) is 13.8. The molecule has 3 aromatic heterocycles. The fourth-order valence-electron chi connectivity index (χ4n) is 2.49. The van der Waals surface area contributed by atoms with Gasteiger partial charge < -0.3 is 4.90 Å². The molecule has 4 aromatic rings. The highest BCUT2D eigenvalue weighted by Crippen LogP contribution is 2.30. The summed E-state index contributed by atoms with van der Waals surface area (Å²) in [6.07, 6.45) is 10.5. The Morgan fingerprint density at radius 1 is 1.08 bits per heavy atom. The molecule has 0 aliphatic heterocycles. The highest BCUT2D eigenvalue weighted by atomic mass is 32.1. The first kappa shape index (κ1) is 15.2. The molecule has 0 aliphatic rings. The Labute approximate surface area is 146 Å². The highest BCUT2D eigenvalue weighted by Gasteiger charge is 2.15. The van der Waals surface area contributed by atoms with Crippen molar-refractivity contribution in [1.82, 2.24) is 19.9 Å². The van der Waals surface area contributed by atoms with E-state index < -0.39 is 0 Å². The van der Waals surface area contributed by atoms with Crippen molar-refractivity contribution in [2.45, 2.75) is 0 Å². The van der Waals surface area contributed by atoms with Crippen LogP contribution in [-0.4, -0.2) is 26.5 Å². The molecule has 0 unspecified atom stereocenters. The van der Waals surface area contributed by atoms with Gasteiger partial charge in [-0.25, -0.2) is 4.98 Å². The predicted octanol–water partition coefficient (Wildman–Crippen LogP) is 2.77. The summed E-state index contributed by atoms with van der Waals surface area (Å²) >= 11 is 1.32. The van der Waals surface area contributed by atoms with Crippen molar-refractivity contribution in [3.05, 3.63) is 59.3 Å². The van der Waals surface area contributed by atoms with E-state index in [0.29, 0.717) is 15.3 Å². The second-order valence-corrected chi connectivity index (χ2v) is 6.13. The van der Waals surface area contributed by atoms with Crippen molar-refractivity contribution in [3.8, 4) is 12.3 Å². The molecule has 6 nitrogen and oxygen atoms in total. The first-order valence-electron chi connectivity index (χ1n) is 7.44. The molecule has 0 amide bonds. The predicted molar refractivity (Wildman–Crippen MR) is 99.1 cm³/mol. The summed E-state index contributed by atoms with van der Waals surface area (Å²) in [4.78, 5) is 31.8. The van der Waals surface area contributed by atoms with Crippen LogP contribution in [0.25, 0.3) is 21.3 Å². The van der Waals surface area contributed by atoms with Crippen LogP contribution in [0.2, 0.25) is 0 Å². The molecule has 3 heterocycles. The third-order valence-corrected chi connectivity index (χ3v) is 4.64.